The minimum absolute atomic E-state index is 0.185. The van der Waals surface area contributed by atoms with E-state index in [0.29, 0.717) is 18.5 Å². The fourth-order valence-corrected chi connectivity index (χ4v) is 3.66. The summed E-state index contributed by atoms with van der Waals surface area (Å²) in [7, 11) is 0. The number of hydrogen-bond donors (Lipinski definition) is 1. The third kappa shape index (κ3) is 1.40. The molecule has 2 amide bonds. The van der Waals surface area contributed by atoms with Gasteiger partial charge in [0.2, 0.25) is 11.8 Å². The molecule has 2 aliphatic rings. The molecule has 4 heteroatoms. The van der Waals surface area contributed by atoms with Crippen LogP contribution in [0.2, 0.25) is 0 Å². The number of anilines is 1. The van der Waals surface area contributed by atoms with E-state index < -0.39 is 16.9 Å². The van der Waals surface area contributed by atoms with Crippen molar-refractivity contribution in [2.24, 2.45) is 10.8 Å². The lowest BCUT2D eigenvalue weighted by Crippen LogP contribution is -2.51. The Morgan fingerprint density at radius 1 is 1.15 bits per heavy atom. The number of aliphatic hydroxyl groups is 1. The molecule has 0 aromatic heterocycles. The van der Waals surface area contributed by atoms with Crippen LogP contribution in [0.4, 0.5) is 5.69 Å². The SMILES string of the molecule is C[C@]12CCC[C@@H](O)[C@@]1(C)C(=O)N(c1ccccc1)C2=O. The van der Waals surface area contributed by atoms with Crippen LogP contribution in [0, 0.1) is 10.8 Å². The van der Waals surface area contributed by atoms with E-state index in [1.54, 1.807) is 31.2 Å². The van der Waals surface area contributed by atoms with Crippen molar-refractivity contribution in [3.05, 3.63) is 30.3 Å². The molecular formula is C16H19NO3. The van der Waals surface area contributed by atoms with Gasteiger partial charge in [0, 0.05) is 0 Å². The molecule has 3 rings (SSSR count). The Balaban J connectivity index is 2.13. The Morgan fingerprint density at radius 3 is 2.40 bits per heavy atom. The van der Waals surface area contributed by atoms with Crippen molar-refractivity contribution in [2.75, 3.05) is 4.90 Å². The summed E-state index contributed by atoms with van der Waals surface area (Å²) in [6, 6.07) is 8.97. The Kier molecular flexibility index (Phi) is 2.77. The number of rotatable bonds is 1. The van der Waals surface area contributed by atoms with Crippen molar-refractivity contribution < 1.29 is 14.7 Å². The molecule has 0 unspecified atom stereocenters. The molecule has 20 heavy (non-hydrogen) atoms. The Morgan fingerprint density at radius 2 is 1.80 bits per heavy atom. The van der Waals surface area contributed by atoms with E-state index in [1.807, 2.05) is 13.0 Å². The van der Waals surface area contributed by atoms with Gasteiger partial charge in [0.05, 0.1) is 22.6 Å². The normalized spacial score (nSPS) is 37.1. The molecule has 0 bridgehead atoms. The minimum Gasteiger partial charge on any atom is -0.392 e. The molecule has 1 aromatic carbocycles. The lowest BCUT2D eigenvalue weighted by atomic mass is 9.58. The predicted molar refractivity (Wildman–Crippen MR) is 75.0 cm³/mol. The topological polar surface area (TPSA) is 57.6 Å². The van der Waals surface area contributed by atoms with Gasteiger partial charge in [0.1, 0.15) is 0 Å². The van der Waals surface area contributed by atoms with Gasteiger partial charge in [-0.1, -0.05) is 18.2 Å². The van der Waals surface area contributed by atoms with E-state index in [2.05, 4.69) is 0 Å². The van der Waals surface area contributed by atoms with Crippen LogP contribution in [0.15, 0.2) is 30.3 Å². The van der Waals surface area contributed by atoms with Crippen molar-refractivity contribution in [2.45, 2.75) is 39.2 Å². The Bertz CT molecular complexity index is 570. The first-order valence-electron chi connectivity index (χ1n) is 7.05. The average Bonchev–Trinajstić information content (AvgIpc) is 2.60. The summed E-state index contributed by atoms with van der Waals surface area (Å²) in [6.45, 7) is 3.55. The maximum atomic E-state index is 12.8. The molecule has 4 nitrogen and oxygen atoms in total. The molecule has 1 saturated carbocycles. The third-order valence-corrected chi connectivity index (χ3v) is 5.30. The molecule has 1 heterocycles. The lowest BCUT2D eigenvalue weighted by molar-refractivity contribution is -0.149. The number of imide groups is 1. The van der Waals surface area contributed by atoms with Gasteiger partial charge < -0.3 is 5.11 Å². The Labute approximate surface area is 118 Å². The van der Waals surface area contributed by atoms with Gasteiger partial charge in [0.15, 0.2) is 0 Å². The van der Waals surface area contributed by atoms with Crippen LogP contribution < -0.4 is 4.90 Å². The van der Waals surface area contributed by atoms with Gasteiger partial charge in [-0.05, 0) is 45.2 Å². The van der Waals surface area contributed by atoms with E-state index >= 15 is 0 Å². The summed E-state index contributed by atoms with van der Waals surface area (Å²) in [5, 5.41) is 10.4. The highest BCUT2D eigenvalue weighted by Crippen LogP contribution is 2.57. The number of para-hydroxylation sites is 1. The smallest absolute Gasteiger partial charge is 0.243 e. The van der Waals surface area contributed by atoms with Crippen LogP contribution in [0.3, 0.4) is 0 Å². The summed E-state index contributed by atoms with van der Waals surface area (Å²) in [5.41, 5.74) is -1.23. The number of aliphatic hydroxyl groups excluding tert-OH is 1. The van der Waals surface area contributed by atoms with Gasteiger partial charge in [-0.2, -0.15) is 0 Å². The van der Waals surface area contributed by atoms with E-state index in [4.69, 9.17) is 0 Å². The first kappa shape index (κ1) is 13.3. The number of carbonyl (C=O) groups excluding carboxylic acids is 2. The minimum atomic E-state index is -1.02. The summed E-state index contributed by atoms with van der Waals surface area (Å²) < 4.78 is 0. The number of nitrogens with zero attached hydrogens (tertiary/aromatic N) is 1. The van der Waals surface area contributed by atoms with E-state index in [-0.39, 0.29) is 11.8 Å². The molecule has 1 aliphatic carbocycles. The van der Waals surface area contributed by atoms with Crippen molar-refractivity contribution in [3.63, 3.8) is 0 Å². The largest absolute Gasteiger partial charge is 0.392 e. The summed E-state index contributed by atoms with van der Waals surface area (Å²) >= 11 is 0. The molecule has 1 N–H and O–H groups in total. The van der Waals surface area contributed by atoms with E-state index in [0.717, 1.165) is 6.42 Å². The Hall–Kier alpha value is -1.68. The highest BCUT2D eigenvalue weighted by Gasteiger charge is 2.68. The molecule has 1 saturated heterocycles. The van der Waals surface area contributed by atoms with Crippen LogP contribution in [0.1, 0.15) is 33.1 Å². The number of fused-ring (bicyclic) bond motifs is 1. The van der Waals surface area contributed by atoms with Crippen LogP contribution in [0.25, 0.3) is 0 Å². The van der Waals surface area contributed by atoms with Crippen molar-refractivity contribution in [1.29, 1.82) is 0 Å². The lowest BCUT2D eigenvalue weighted by Gasteiger charge is -2.43. The zero-order valence-electron chi connectivity index (χ0n) is 11.8. The van der Waals surface area contributed by atoms with E-state index in [9.17, 15) is 14.7 Å². The number of hydrogen-bond acceptors (Lipinski definition) is 3. The van der Waals surface area contributed by atoms with Gasteiger partial charge in [0.25, 0.3) is 0 Å². The summed E-state index contributed by atoms with van der Waals surface area (Å²) in [5.74, 6) is -0.460. The number of carbonyl (C=O) groups is 2. The first-order chi connectivity index (χ1) is 9.43. The number of benzene rings is 1. The third-order valence-electron chi connectivity index (χ3n) is 5.30. The van der Waals surface area contributed by atoms with Crippen LogP contribution in [-0.2, 0) is 9.59 Å². The second kappa shape index (κ2) is 4.16. The quantitative estimate of drug-likeness (QED) is 0.797. The van der Waals surface area contributed by atoms with Crippen molar-refractivity contribution >= 4 is 17.5 Å². The molecule has 0 radical (unpaired) electrons. The van der Waals surface area contributed by atoms with Crippen molar-refractivity contribution in [1.82, 2.24) is 0 Å². The maximum Gasteiger partial charge on any atom is 0.243 e. The fraction of sp³-hybridized carbons (Fsp3) is 0.500. The fourth-order valence-electron chi connectivity index (χ4n) is 3.66. The van der Waals surface area contributed by atoms with Crippen LogP contribution in [-0.4, -0.2) is 23.0 Å². The van der Waals surface area contributed by atoms with Gasteiger partial charge in [-0.25, -0.2) is 4.90 Å². The van der Waals surface area contributed by atoms with Gasteiger partial charge in [-0.15, -0.1) is 0 Å². The second-order valence-electron chi connectivity index (χ2n) is 6.22. The molecule has 1 aromatic rings. The highest BCUT2D eigenvalue weighted by molar-refractivity contribution is 6.25. The first-order valence-corrected chi connectivity index (χ1v) is 7.05. The average molecular weight is 273 g/mol. The molecule has 3 atom stereocenters. The van der Waals surface area contributed by atoms with Gasteiger partial charge in [-0.3, -0.25) is 9.59 Å². The molecule has 0 spiro atoms. The monoisotopic (exact) mass is 273 g/mol. The highest BCUT2D eigenvalue weighted by atomic mass is 16.3. The predicted octanol–water partition coefficient (Wildman–Crippen LogP) is 2.12. The molecule has 106 valence electrons. The molecule has 2 fully saturated rings. The second-order valence-corrected chi connectivity index (χ2v) is 6.22. The zero-order chi connectivity index (χ0) is 14.5. The summed E-state index contributed by atoms with van der Waals surface area (Å²) in [4.78, 5) is 26.9. The van der Waals surface area contributed by atoms with E-state index in [1.165, 1.54) is 4.90 Å². The number of amides is 2. The summed E-state index contributed by atoms with van der Waals surface area (Å²) in [6.07, 6.45) is 1.24. The van der Waals surface area contributed by atoms with Crippen molar-refractivity contribution in [3.8, 4) is 0 Å². The molecular weight excluding hydrogens is 254 g/mol. The molecule has 1 aliphatic heterocycles. The standard InChI is InChI=1S/C16H19NO3/c1-15-10-6-9-12(18)16(15,2)14(20)17(13(15)19)11-7-4-3-5-8-11/h3-5,7-8,12,18H,6,9-10H2,1-2H3/t12-,15-,16+/m1/s1. The van der Waals surface area contributed by atoms with Crippen LogP contribution in [0.5, 0.6) is 0 Å². The zero-order valence-corrected chi connectivity index (χ0v) is 11.8. The van der Waals surface area contributed by atoms with Gasteiger partial charge >= 0.3 is 0 Å². The van der Waals surface area contributed by atoms with Crippen LogP contribution >= 0.6 is 0 Å². The maximum absolute atomic E-state index is 12.8.